The second-order valence-electron chi connectivity index (χ2n) is 7.62. The topological polar surface area (TPSA) is 137 Å². The molecule has 0 atom stereocenters. The first kappa shape index (κ1) is 22.4. The standard InChI is InChI=1S/C25H22N4O6/c1-3-33-13-17-21(15-9-5-6-10-18(15)32-2)23(30)22(24(31)26-17)25-28-27-20(34-25)12-16-14-8-4-7-11-19(14)35-29-16/h4-11H,3,12-13H2,1-2H3,(H2,26,30,31). The number of fused-ring (bicyclic) bond motifs is 1. The van der Waals surface area contributed by atoms with Crippen LogP contribution in [0.5, 0.6) is 17.4 Å². The number of ether oxygens (including phenoxy) is 2. The Morgan fingerprint density at radius 2 is 1.74 bits per heavy atom. The van der Waals surface area contributed by atoms with Crippen molar-refractivity contribution in [3.05, 3.63) is 65.8 Å². The van der Waals surface area contributed by atoms with Gasteiger partial charge in [-0.2, -0.15) is 0 Å². The molecule has 0 bridgehead atoms. The van der Waals surface area contributed by atoms with Crippen molar-refractivity contribution in [3.63, 3.8) is 0 Å². The third-order valence-corrected chi connectivity index (χ3v) is 5.50. The summed E-state index contributed by atoms with van der Waals surface area (Å²) in [5.41, 5.74) is 2.44. The van der Waals surface area contributed by atoms with E-state index in [-0.39, 0.29) is 36.1 Å². The molecule has 0 saturated heterocycles. The van der Waals surface area contributed by atoms with Crippen LogP contribution >= 0.6 is 0 Å². The molecule has 2 N–H and O–H groups in total. The lowest BCUT2D eigenvalue weighted by Gasteiger charge is -2.16. The number of aromatic nitrogens is 4. The molecule has 5 aromatic rings. The SMILES string of the molecule is CCOCc1nc(O)c(-c2nnc(Cc3noc4ccccc34)o2)c(O)c1-c1ccccc1OC. The van der Waals surface area contributed by atoms with Crippen LogP contribution in [0, 0.1) is 0 Å². The van der Waals surface area contributed by atoms with Crippen LogP contribution < -0.4 is 4.74 Å². The molecule has 0 saturated carbocycles. The van der Waals surface area contributed by atoms with Crippen LogP contribution in [-0.2, 0) is 17.8 Å². The van der Waals surface area contributed by atoms with E-state index in [4.69, 9.17) is 18.4 Å². The fourth-order valence-electron chi connectivity index (χ4n) is 3.88. The Morgan fingerprint density at radius 3 is 2.57 bits per heavy atom. The lowest BCUT2D eigenvalue weighted by Crippen LogP contribution is -2.02. The zero-order valence-corrected chi connectivity index (χ0v) is 19.1. The van der Waals surface area contributed by atoms with Gasteiger partial charge in [-0.1, -0.05) is 35.5 Å². The van der Waals surface area contributed by atoms with Gasteiger partial charge in [0.2, 0.25) is 11.8 Å². The van der Waals surface area contributed by atoms with Gasteiger partial charge in [-0.05, 0) is 25.1 Å². The molecule has 0 fully saturated rings. The van der Waals surface area contributed by atoms with Gasteiger partial charge in [-0.15, -0.1) is 10.2 Å². The minimum Gasteiger partial charge on any atom is -0.506 e. The van der Waals surface area contributed by atoms with E-state index in [2.05, 4.69) is 20.3 Å². The zero-order valence-electron chi connectivity index (χ0n) is 19.1. The van der Waals surface area contributed by atoms with Crippen LogP contribution in [0.4, 0.5) is 0 Å². The largest absolute Gasteiger partial charge is 0.506 e. The van der Waals surface area contributed by atoms with Gasteiger partial charge in [-0.25, -0.2) is 4.98 Å². The third-order valence-electron chi connectivity index (χ3n) is 5.50. The highest BCUT2D eigenvalue weighted by molar-refractivity contribution is 5.85. The van der Waals surface area contributed by atoms with Gasteiger partial charge >= 0.3 is 0 Å². The normalized spacial score (nSPS) is 11.3. The van der Waals surface area contributed by atoms with Crippen molar-refractivity contribution >= 4 is 11.0 Å². The second kappa shape index (κ2) is 9.43. The lowest BCUT2D eigenvalue weighted by molar-refractivity contribution is 0.131. The molecule has 0 unspecified atom stereocenters. The number of nitrogens with zero attached hydrogens (tertiary/aromatic N) is 4. The van der Waals surface area contributed by atoms with E-state index >= 15 is 0 Å². The molecule has 35 heavy (non-hydrogen) atoms. The highest BCUT2D eigenvalue weighted by Gasteiger charge is 2.27. The molecular formula is C25H22N4O6. The quantitative estimate of drug-likeness (QED) is 0.331. The fourth-order valence-corrected chi connectivity index (χ4v) is 3.88. The van der Waals surface area contributed by atoms with Crippen LogP contribution in [-0.4, -0.2) is 44.3 Å². The zero-order chi connectivity index (χ0) is 24.4. The summed E-state index contributed by atoms with van der Waals surface area (Å²) in [5.74, 6) is -0.0793. The van der Waals surface area contributed by atoms with Crippen molar-refractivity contribution in [1.82, 2.24) is 20.3 Å². The number of hydrogen-bond donors (Lipinski definition) is 2. The first-order valence-corrected chi connectivity index (χ1v) is 10.9. The Labute approximate surface area is 199 Å². The molecule has 0 amide bonds. The van der Waals surface area contributed by atoms with E-state index in [9.17, 15) is 10.2 Å². The summed E-state index contributed by atoms with van der Waals surface area (Å²) in [6.07, 6.45) is 0.209. The van der Waals surface area contributed by atoms with Crippen molar-refractivity contribution < 1.29 is 28.6 Å². The van der Waals surface area contributed by atoms with Crippen LogP contribution in [0.25, 0.3) is 33.6 Å². The molecule has 178 valence electrons. The van der Waals surface area contributed by atoms with Crippen LogP contribution in [0.15, 0.2) is 57.5 Å². The fraction of sp³-hybridized carbons (Fsp3) is 0.200. The Hall–Kier alpha value is -4.44. The van der Waals surface area contributed by atoms with E-state index in [1.165, 1.54) is 7.11 Å². The van der Waals surface area contributed by atoms with Gasteiger partial charge in [0.1, 0.15) is 22.8 Å². The van der Waals surface area contributed by atoms with Crippen molar-refractivity contribution in [2.45, 2.75) is 20.0 Å². The summed E-state index contributed by atoms with van der Waals surface area (Å²) in [4.78, 5) is 4.29. The maximum atomic E-state index is 11.3. The number of hydrogen-bond acceptors (Lipinski definition) is 10. The summed E-state index contributed by atoms with van der Waals surface area (Å²) in [6.45, 7) is 2.34. The molecule has 0 aliphatic rings. The van der Waals surface area contributed by atoms with E-state index in [1.807, 2.05) is 37.3 Å². The van der Waals surface area contributed by atoms with Crippen LogP contribution in [0.2, 0.25) is 0 Å². The van der Waals surface area contributed by atoms with E-state index in [0.717, 1.165) is 5.39 Å². The molecule has 0 spiro atoms. The van der Waals surface area contributed by atoms with Gasteiger partial charge in [0.15, 0.2) is 5.58 Å². The van der Waals surface area contributed by atoms with Gasteiger partial charge < -0.3 is 28.6 Å². The predicted octanol–water partition coefficient (Wildman–Crippen LogP) is 4.49. The van der Waals surface area contributed by atoms with E-state index in [0.29, 0.717) is 40.5 Å². The maximum Gasteiger partial charge on any atom is 0.257 e. The van der Waals surface area contributed by atoms with Crippen molar-refractivity contribution in [1.29, 1.82) is 0 Å². The minimum atomic E-state index is -0.460. The van der Waals surface area contributed by atoms with Gasteiger partial charge in [-0.3, -0.25) is 0 Å². The van der Waals surface area contributed by atoms with E-state index in [1.54, 1.807) is 18.2 Å². The summed E-state index contributed by atoms with van der Waals surface area (Å²) in [5, 5.41) is 35.1. The molecule has 0 radical (unpaired) electrons. The lowest BCUT2D eigenvalue weighted by atomic mass is 9.99. The molecule has 3 heterocycles. The summed E-state index contributed by atoms with van der Waals surface area (Å²) >= 11 is 0. The number of rotatable bonds is 8. The van der Waals surface area contributed by atoms with Crippen LogP contribution in [0.1, 0.15) is 24.2 Å². The van der Waals surface area contributed by atoms with Gasteiger partial charge in [0.25, 0.3) is 5.89 Å². The molecule has 5 rings (SSSR count). The summed E-state index contributed by atoms with van der Waals surface area (Å²) in [7, 11) is 1.53. The molecule has 2 aromatic carbocycles. The minimum absolute atomic E-state index is 0.0690. The summed E-state index contributed by atoms with van der Waals surface area (Å²) < 4.78 is 22.1. The van der Waals surface area contributed by atoms with Crippen molar-refractivity contribution in [2.24, 2.45) is 0 Å². The third kappa shape index (κ3) is 4.15. The van der Waals surface area contributed by atoms with Crippen molar-refractivity contribution in [3.8, 4) is 40.0 Å². The highest BCUT2D eigenvalue weighted by Crippen LogP contribution is 2.46. The average molecular weight is 474 g/mol. The first-order chi connectivity index (χ1) is 17.1. The maximum absolute atomic E-state index is 11.3. The Balaban J connectivity index is 1.58. The Bertz CT molecular complexity index is 1490. The molecule has 3 aromatic heterocycles. The number of benzene rings is 2. The van der Waals surface area contributed by atoms with Crippen molar-refractivity contribution in [2.75, 3.05) is 13.7 Å². The first-order valence-electron chi connectivity index (χ1n) is 10.9. The summed E-state index contributed by atoms with van der Waals surface area (Å²) in [6, 6.07) is 14.6. The van der Waals surface area contributed by atoms with Crippen LogP contribution in [0.3, 0.4) is 0 Å². The Kier molecular flexibility index (Phi) is 6.02. The number of pyridine rings is 1. The smallest absolute Gasteiger partial charge is 0.257 e. The monoisotopic (exact) mass is 474 g/mol. The molecule has 0 aliphatic heterocycles. The highest BCUT2D eigenvalue weighted by atomic mass is 16.5. The van der Waals surface area contributed by atoms with Gasteiger partial charge in [0, 0.05) is 17.6 Å². The molecule has 10 nitrogen and oxygen atoms in total. The number of para-hydroxylation sites is 2. The number of methoxy groups -OCH3 is 1. The molecule has 10 heteroatoms. The second-order valence-corrected chi connectivity index (χ2v) is 7.62. The van der Waals surface area contributed by atoms with E-state index < -0.39 is 5.88 Å². The molecular weight excluding hydrogens is 452 g/mol. The molecule has 0 aliphatic carbocycles. The predicted molar refractivity (Wildman–Crippen MR) is 125 cm³/mol. The van der Waals surface area contributed by atoms with Gasteiger partial charge in [0.05, 0.1) is 31.4 Å². The Morgan fingerprint density at radius 1 is 0.943 bits per heavy atom. The average Bonchev–Trinajstić information content (AvgIpc) is 3.50. The number of aromatic hydroxyl groups is 2.